The van der Waals surface area contributed by atoms with Gasteiger partial charge in [0.1, 0.15) is 11.9 Å². The van der Waals surface area contributed by atoms with Crippen molar-refractivity contribution >= 4 is 5.97 Å². The molecule has 2 nitrogen and oxygen atoms in total. The van der Waals surface area contributed by atoms with E-state index in [0.717, 1.165) is 19.3 Å². The maximum atomic E-state index is 13.8. The molecule has 0 N–H and O–H groups in total. The maximum Gasteiger partial charge on any atom is 0.341 e. The lowest BCUT2D eigenvalue weighted by Crippen LogP contribution is -2.29. The molecule has 0 amide bonds. The first-order valence-electron chi connectivity index (χ1n) is 6.95. The summed E-state index contributed by atoms with van der Waals surface area (Å²) in [6.07, 6.45) is 2.75. The van der Waals surface area contributed by atoms with Crippen molar-refractivity contribution in [1.29, 1.82) is 0 Å². The van der Waals surface area contributed by atoms with Gasteiger partial charge in [-0.15, -0.1) is 0 Å². The number of hydrogen-bond donors (Lipinski definition) is 0. The van der Waals surface area contributed by atoms with Crippen LogP contribution in [-0.4, -0.2) is 12.1 Å². The van der Waals surface area contributed by atoms with Gasteiger partial charge in [-0.25, -0.2) is 9.18 Å². The number of ether oxygens (including phenoxy) is 1. The molecular formula is C16H21FO2. The Hall–Kier alpha value is -1.38. The fourth-order valence-electron chi connectivity index (χ4n) is 2.63. The van der Waals surface area contributed by atoms with Crippen LogP contribution < -0.4 is 0 Å². The second-order valence-electron chi connectivity index (χ2n) is 5.73. The smallest absolute Gasteiger partial charge is 0.341 e. The van der Waals surface area contributed by atoms with E-state index >= 15 is 0 Å². The molecule has 1 aliphatic rings. The molecule has 0 heterocycles. The summed E-state index contributed by atoms with van der Waals surface area (Å²) in [7, 11) is 0. The molecule has 1 aliphatic carbocycles. The number of carbonyl (C=O) groups is 1. The minimum absolute atomic E-state index is 0.0475. The number of esters is 1. The average Bonchev–Trinajstić information content (AvgIpc) is 2.37. The summed E-state index contributed by atoms with van der Waals surface area (Å²) in [4.78, 5) is 12.0. The number of halogens is 1. The largest absolute Gasteiger partial charge is 0.459 e. The van der Waals surface area contributed by atoms with E-state index in [4.69, 9.17) is 4.74 Å². The van der Waals surface area contributed by atoms with Crippen LogP contribution >= 0.6 is 0 Å². The predicted octanol–water partition coefficient (Wildman–Crippen LogP) is 4.12. The molecule has 1 aromatic rings. The zero-order chi connectivity index (χ0) is 14.0. The van der Waals surface area contributed by atoms with Crippen molar-refractivity contribution < 1.29 is 13.9 Å². The molecule has 19 heavy (non-hydrogen) atoms. The van der Waals surface area contributed by atoms with Gasteiger partial charge in [-0.05, 0) is 49.7 Å². The van der Waals surface area contributed by atoms with Crippen LogP contribution in [0.5, 0.6) is 0 Å². The summed E-state index contributed by atoms with van der Waals surface area (Å²) >= 11 is 0. The molecule has 0 spiro atoms. The molecule has 0 aromatic heterocycles. The van der Waals surface area contributed by atoms with Crippen LogP contribution in [0.2, 0.25) is 0 Å². The summed E-state index contributed by atoms with van der Waals surface area (Å²) in [5, 5.41) is 0. The van der Waals surface area contributed by atoms with E-state index in [-0.39, 0.29) is 11.7 Å². The highest BCUT2D eigenvalue weighted by molar-refractivity contribution is 5.90. The van der Waals surface area contributed by atoms with Crippen molar-refractivity contribution in [3.63, 3.8) is 0 Å². The predicted molar refractivity (Wildman–Crippen MR) is 72.5 cm³/mol. The van der Waals surface area contributed by atoms with E-state index < -0.39 is 11.8 Å². The first kappa shape index (κ1) is 14.0. The molecule has 1 saturated carbocycles. The van der Waals surface area contributed by atoms with Gasteiger partial charge in [-0.2, -0.15) is 0 Å². The molecule has 1 fully saturated rings. The fourth-order valence-corrected chi connectivity index (χ4v) is 2.63. The maximum absolute atomic E-state index is 13.8. The third kappa shape index (κ3) is 3.14. The van der Waals surface area contributed by atoms with Gasteiger partial charge >= 0.3 is 5.97 Å². The third-order valence-electron chi connectivity index (χ3n) is 4.24. The Balaban J connectivity index is 2.03. The fraction of sp³-hybridized carbons (Fsp3) is 0.562. The van der Waals surface area contributed by atoms with Gasteiger partial charge in [0.25, 0.3) is 0 Å². The van der Waals surface area contributed by atoms with E-state index in [1.807, 2.05) is 0 Å². The average molecular weight is 264 g/mol. The van der Waals surface area contributed by atoms with Crippen molar-refractivity contribution in [2.45, 2.75) is 46.1 Å². The Labute approximate surface area is 114 Å². The van der Waals surface area contributed by atoms with Gasteiger partial charge in [-0.1, -0.05) is 26.0 Å². The molecule has 104 valence electrons. The summed E-state index contributed by atoms with van der Waals surface area (Å²) in [5.41, 5.74) is 0.520. The van der Waals surface area contributed by atoms with Crippen LogP contribution in [0.25, 0.3) is 0 Å². The van der Waals surface area contributed by atoms with E-state index in [1.54, 1.807) is 19.1 Å². The highest BCUT2D eigenvalue weighted by atomic mass is 19.1. The number of carbonyl (C=O) groups excluding carboxylic acids is 1. The monoisotopic (exact) mass is 264 g/mol. The normalized spacial score (nSPS) is 27.1. The minimum Gasteiger partial charge on any atom is -0.459 e. The molecule has 0 bridgehead atoms. The van der Waals surface area contributed by atoms with Crippen LogP contribution in [0, 0.1) is 24.6 Å². The zero-order valence-corrected chi connectivity index (χ0v) is 11.8. The Bertz CT molecular complexity index is 470. The van der Waals surface area contributed by atoms with Crippen LogP contribution in [0.1, 0.15) is 49.0 Å². The topological polar surface area (TPSA) is 26.3 Å². The number of hydrogen-bond acceptors (Lipinski definition) is 2. The molecule has 1 aromatic carbocycles. The molecule has 2 rings (SSSR count). The Morgan fingerprint density at radius 1 is 1.26 bits per heavy atom. The molecule has 3 heteroatoms. The first-order chi connectivity index (χ1) is 8.99. The Kier molecular flexibility index (Phi) is 4.23. The van der Waals surface area contributed by atoms with E-state index in [2.05, 4.69) is 13.8 Å². The summed E-state index contributed by atoms with van der Waals surface area (Å²) < 4.78 is 19.3. The lowest BCUT2D eigenvalue weighted by molar-refractivity contribution is 0.00832. The van der Waals surface area contributed by atoms with Crippen LogP contribution in [0.15, 0.2) is 18.2 Å². The van der Waals surface area contributed by atoms with Crippen molar-refractivity contribution in [3.05, 3.63) is 35.1 Å². The molecule has 3 atom stereocenters. The van der Waals surface area contributed by atoms with Crippen molar-refractivity contribution in [3.8, 4) is 0 Å². The van der Waals surface area contributed by atoms with Gasteiger partial charge in [0, 0.05) is 0 Å². The molecule has 0 aliphatic heterocycles. The van der Waals surface area contributed by atoms with Gasteiger partial charge in [0.05, 0.1) is 5.56 Å². The number of rotatable bonds is 2. The van der Waals surface area contributed by atoms with E-state index in [9.17, 15) is 9.18 Å². The molecule has 0 saturated heterocycles. The lowest BCUT2D eigenvalue weighted by Gasteiger charge is -2.31. The van der Waals surface area contributed by atoms with Gasteiger partial charge in [-0.3, -0.25) is 0 Å². The van der Waals surface area contributed by atoms with Crippen molar-refractivity contribution in [2.75, 3.05) is 0 Å². The van der Waals surface area contributed by atoms with Crippen LogP contribution in [-0.2, 0) is 4.74 Å². The third-order valence-corrected chi connectivity index (χ3v) is 4.24. The molecule has 0 radical (unpaired) electrons. The Morgan fingerprint density at radius 2 is 2.00 bits per heavy atom. The Morgan fingerprint density at radius 3 is 2.68 bits per heavy atom. The standard InChI is InChI=1S/C16H21FO2/c1-10-7-8-13(9-12(10)3)19-16(18)14-6-4-5-11(2)15(14)17/h4-6,10,12-13H,7-9H2,1-3H3. The minimum atomic E-state index is -0.534. The number of benzene rings is 1. The van der Waals surface area contributed by atoms with Crippen LogP contribution in [0.3, 0.4) is 0 Å². The van der Waals surface area contributed by atoms with E-state index in [0.29, 0.717) is 17.4 Å². The highest BCUT2D eigenvalue weighted by Gasteiger charge is 2.28. The summed E-state index contributed by atoms with van der Waals surface area (Å²) in [5.74, 6) is 0.220. The zero-order valence-electron chi connectivity index (χ0n) is 11.8. The van der Waals surface area contributed by atoms with Crippen molar-refractivity contribution in [2.24, 2.45) is 11.8 Å². The summed E-state index contributed by atoms with van der Waals surface area (Å²) in [6, 6.07) is 4.82. The molecular weight excluding hydrogens is 243 g/mol. The van der Waals surface area contributed by atoms with Crippen LogP contribution in [0.4, 0.5) is 4.39 Å². The second kappa shape index (κ2) is 5.72. The second-order valence-corrected chi connectivity index (χ2v) is 5.73. The first-order valence-corrected chi connectivity index (χ1v) is 6.95. The SMILES string of the molecule is Cc1cccc(C(=O)OC2CCC(C)C(C)C2)c1F. The molecule has 3 unspecified atom stereocenters. The quantitative estimate of drug-likeness (QED) is 0.751. The number of aryl methyl sites for hydroxylation is 1. The lowest BCUT2D eigenvalue weighted by atomic mass is 9.80. The van der Waals surface area contributed by atoms with Crippen molar-refractivity contribution in [1.82, 2.24) is 0 Å². The van der Waals surface area contributed by atoms with Gasteiger partial charge in [0.2, 0.25) is 0 Å². The summed E-state index contributed by atoms with van der Waals surface area (Å²) in [6.45, 7) is 6.05. The van der Waals surface area contributed by atoms with E-state index in [1.165, 1.54) is 6.07 Å². The van der Waals surface area contributed by atoms with Gasteiger partial charge in [0.15, 0.2) is 0 Å². The van der Waals surface area contributed by atoms with Gasteiger partial charge < -0.3 is 4.74 Å². The highest BCUT2D eigenvalue weighted by Crippen LogP contribution is 2.31.